The molecular formula is C15H21NO3. The van der Waals surface area contributed by atoms with Gasteiger partial charge in [0.25, 0.3) is 0 Å². The summed E-state index contributed by atoms with van der Waals surface area (Å²) >= 11 is 0. The van der Waals surface area contributed by atoms with Gasteiger partial charge in [-0.2, -0.15) is 0 Å². The lowest BCUT2D eigenvalue weighted by Gasteiger charge is -2.19. The molecule has 0 fully saturated rings. The molecule has 0 saturated heterocycles. The minimum Gasteiger partial charge on any atom is -0.478 e. The number of rotatable bonds is 6. The van der Waals surface area contributed by atoms with E-state index in [-0.39, 0.29) is 23.9 Å². The summed E-state index contributed by atoms with van der Waals surface area (Å²) in [4.78, 5) is 22.5. The van der Waals surface area contributed by atoms with Crippen molar-refractivity contribution < 1.29 is 14.7 Å². The van der Waals surface area contributed by atoms with Crippen LogP contribution in [0.1, 0.15) is 43.1 Å². The first kappa shape index (κ1) is 15.2. The Morgan fingerprint density at radius 1 is 1.21 bits per heavy atom. The van der Waals surface area contributed by atoms with Crippen molar-refractivity contribution in [1.82, 2.24) is 5.32 Å². The molecule has 104 valence electrons. The predicted molar refractivity (Wildman–Crippen MR) is 74.2 cm³/mol. The number of hydrogen-bond acceptors (Lipinski definition) is 2. The standard InChI is InChI=1S/C15H21NO3/c1-4-10(2)11(3)16-14(17)9-12-5-7-13(8-6-12)15(18)19/h5-8,10-11H,4,9H2,1-3H3,(H,16,17)(H,18,19). The van der Waals surface area contributed by atoms with E-state index >= 15 is 0 Å². The van der Waals surface area contributed by atoms with Crippen LogP contribution in [-0.2, 0) is 11.2 Å². The van der Waals surface area contributed by atoms with Gasteiger partial charge < -0.3 is 10.4 Å². The normalized spacial score (nSPS) is 13.6. The first-order chi connectivity index (χ1) is 8.93. The highest BCUT2D eigenvalue weighted by atomic mass is 16.4. The van der Waals surface area contributed by atoms with Crippen LogP contribution < -0.4 is 5.32 Å². The predicted octanol–water partition coefficient (Wildman–Crippen LogP) is 2.48. The van der Waals surface area contributed by atoms with Gasteiger partial charge in [-0.25, -0.2) is 4.79 Å². The number of hydrogen-bond donors (Lipinski definition) is 2. The van der Waals surface area contributed by atoms with Crippen LogP contribution >= 0.6 is 0 Å². The summed E-state index contributed by atoms with van der Waals surface area (Å²) < 4.78 is 0. The Bertz CT molecular complexity index is 439. The maximum Gasteiger partial charge on any atom is 0.335 e. The van der Waals surface area contributed by atoms with Gasteiger partial charge in [0.2, 0.25) is 5.91 Å². The molecule has 0 bridgehead atoms. The number of carboxylic acids is 1. The zero-order valence-electron chi connectivity index (χ0n) is 11.6. The van der Waals surface area contributed by atoms with Crippen molar-refractivity contribution in [2.75, 3.05) is 0 Å². The summed E-state index contributed by atoms with van der Waals surface area (Å²) in [5, 5.41) is 11.7. The maximum absolute atomic E-state index is 11.8. The highest BCUT2D eigenvalue weighted by Crippen LogP contribution is 2.08. The summed E-state index contributed by atoms with van der Waals surface area (Å²) in [5.74, 6) is -0.546. The van der Waals surface area contributed by atoms with E-state index in [2.05, 4.69) is 19.2 Å². The molecule has 19 heavy (non-hydrogen) atoms. The molecule has 1 aromatic rings. The van der Waals surface area contributed by atoms with E-state index in [4.69, 9.17) is 5.11 Å². The molecule has 2 unspecified atom stereocenters. The first-order valence-electron chi connectivity index (χ1n) is 6.55. The number of benzene rings is 1. The Balaban J connectivity index is 2.55. The lowest BCUT2D eigenvalue weighted by atomic mass is 10.0. The van der Waals surface area contributed by atoms with Crippen molar-refractivity contribution in [3.8, 4) is 0 Å². The van der Waals surface area contributed by atoms with E-state index in [9.17, 15) is 9.59 Å². The molecule has 0 radical (unpaired) electrons. The van der Waals surface area contributed by atoms with Gasteiger partial charge in [-0.05, 0) is 30.5 Å². The van der Waals surface area contributed by atoms with Crippen molar-refractivity contribution in [3.05, 3.63) is 35.4 Å². The monoisotopic (exact) mass is 263 g/mol. The average Bonchev–Trinajstić information content (AvgIpc) is 2.38. The third-order valence-corrected chi connectivity index (χ3v) is 3.45. The molecular weight excluding hydrogens is 242 g/mol. The Hall–Kier alpha value is -1.84. The van der Waals surface area contributed by atoms with Crippen LogP contribution in [0.3, 0.4) is 0 Å². The first-order valence-corrected chi connectivity index (χ1v) is 6.55. The number of carbonyl (C=O) groups is 2. The molecule has 0 aliphatic rings. The average molecular weight is 263 g/mol. The molecule has 0 heterocycles. The van der Waals surface area contributed by atoms with E-state index in [0.717, 1.165) is 12.0 Å². The van der Waals surface area contributed by atoms with Crippen LogP contribution in [0.15, 0.2) is 24.3 Å². The topological polar surface area (TPSA) is 66.4 Å². The molecule has 1 amide bonds. The Kier molecular flexibility index (Phi) is 5.55. The van der Waals surface area contributed by atoms with Crippen molar-refractivity contribution in [1.29, 1.82) is 0 Å². The molecule has 0 aliphatic heterocycles. The third kappa shape index (κ3) is 4.73. The van der Waals surface area contributed by atoms with E-state index < -0.39 is 5.97 Å². The SMILES string of the molecule is CCC(C)C(C)NC(=O)Cc1ccc(C(=O)O)cc1. The molecule has 0 saturated carbocycles. The van der Waals surface area contributed by atoms with E-state index in [1.54, 1.807) is 12.1 Å². The summed E-state index contributed by atoms with van der Waals surface area (Å²) in [6.07, 6.45) is 1.30. The van der Waals surface area contributed by atoms with Crippen molar-refractivity contribution in [3.63, 3.8) is 0 Å². The number of amides is 1. The van der Waals surface area contributed by atoms with Gasteiger partial charge in [-0.3, -0.25) is 4.79 Å². The lowest BCUT2D eigenvalue weighted by molar-refractivity contribution is -0.121. The van der Waals surface area contributed by atoms with E-state index in [1.165, 1.54) is 12.1 Å². The molecule has 4 heteroatoms. The third-order valence-electron chi connectivity index (χ3n) is 3.45. The zero-order valence-corrected chi connectivity index (χ0v) is 11.6. The molecule has 0 spiro atoms. The second-order valence-corrected chi connectivity index (χ2v) is 4.92. The van der Waals surface area contributed by atoms with Gasteiger partial charge in [0.05, 0.1) is 12.0 Å². The lowest BCUT2D eigenvalue weighted by Crippen LogP contribution is -2.37. The quantitative estimate of drug-likeness (QED) is 0.828. The fraction of sp³-hybridized carbons (Fsp3) is 0.467. The number of carboxylic acid groups (broad SMARTS) is 1. The molecule has 2 N–H and O–H groups in total. The fourth-order valence-corrected chi connectivity index (χ4v) is 1.75. The van der Waals surface area contributed by atoms with E-state index in [1.807, 2.05) is 6.92 Å². The van der Waals surface area contributed by atoms with Crippen LogP contribution in [0, 0.1) is 5.92 Å². The van der Waals surface area contributed by atoms with Crippen LogP contribution in [0.25, 0.3) is 0 Å². The van der Waals surface area contributed by atoms with Crippen LogP contribution in [0.2, 0.25) is 0 Å². The number of aromatic carboxylic acids is 1. The van der Waals surface area contributed by atoms with Gasteiger partial charge in [0.1, 0.15) is 0 Å². The maximum atomic E-state index is 11.8. The minimum atomic E-state index is -0.957. The van der Waals surface area contributed by atoms with Gasteiger partial charge in [-0.1, -0.05) is 32.4 Å². The van der Waals surface area contributed by atoms with Crippen LogP contribution in [0.5, 0.6) is 0 Å². The fourth-order valence-electron chi connectivity index (χ4n) is 1.75. The van der Waals surface area contributed by atoms with Gasteiger partial charge >= 0.3 is 5.97 Å². The molecule has 4 nitrogen and oxygen atoms in total. The smallest absolute Gasteiger partial charge is 0.335 e. The summed E-state index contributed by atoms with van der Waals surface area (Å²) in [7, 11) is 0. The second-order valence-electron chi connectivity index (χ2n) is 4.92. The van der Waals surface area contributed by atoms with E-state index in [0.29, 0.717) is 5.92 Å². The van der Waals surface area contributed by atoms with Crippen molar-refractivity contribution in [2.45, 2.75) is 39.7 Å². The molecule has 1 aromatic carbocycles. The van der Waals surface area contributed by atoms with Crippen molar-refractivity contribution in [2.24, 2.45) is 5.92 Å². The Morgan fingerprint density at radius 2 is 1.79 bits per heavy atom. The second kappa shape index (κ2) is 6.92. The Labute approximate surface area is 113 Å². The van der Waals surface area contributed by atoms with Gasteiger partial charge in [-0.15, -0.1) is 0 Å². The van der Waals surface area contributed by atoms with Crippen LogP contribution in [-0.4, -0.2) is 23.0 Å². The number of carbonyl (C=O) groups excluding carboxylic acids is 1. The largest absolute Gasteiger partial charge is 0.478 e. The molecule has 1 rings (SSSR count). The van der Waals surface area contributed by atoms with Gasteiger partial charge in [0, 0.05) is 6.04 Å². The minimum absolute atomic E-state index is 0.0316. The van der Waals surface area contributed by atoms with Crippen LogP contribution in [0.4, 0.5) is 0 Å². The molecule has 0 aromatic heterocycles. The summed E-state index contributed by atoms with van der Waals surface area (Å²) in [5.41, 5.74) is 1.05. The van der Waals surface area contributed by atoms with Crippen molar-refractivity contribution >= 4 is 11.9 Å². The summed E-state index contributed by atoms with van der Waals surface area (Å²) in [6, 6.07) is 6.54. The molecule has 0 aliphatic carbocycles. The highest BCUT2D eigenvalue weighted by Gasteiger charge is 2.13. The number of nitrogens with one attached hydrogen (secondary N) is 1. The van der Waals surface area contributed by atoms with Gasteiger partial charge in [0.15, 0.2) is 0 Å². The Morgan fingerprint density at radius 3 is 2.26 bits per heavy atom. The molecule has 2 atom stereocenters. The highest BCUT2D eigenvalue weighted by molar-refractivity contribution is 5.87. The zero-order chi connectivity index (χ0) is 14.4. The summed E-state index contributed by atoms with van der Waals surface area (Å²) in [6.45, 7) is 6.20.